The van der Waals surface area contributed by atoms with Crippen molar-refractivity contribution in [3.8, 4) is 5.75 Å². The molecule has 1 N–H and O–H groups in total. The maximum atomic E-state index is 5.75. The van der Waals surface area contributed by atoms with E-state index in [0.29, 0.717) is 12.1 Å². The second kappa shape index (κ2) is 6.31. The molecule has 0 saturated carbocycles. The third kappa shape index (κ3) is 3.11. The Morgan fingerprint density at radius 3 is 2.67 bits per heavy atom. The van der Waals surface area contributed by atoms with Crippen LogP contribution in [-0.4, -0.2) is 6.61 Å². The van der Waals surface area contributed by atoms with Crippen molar-refractivity contribution >= 4 is 0 Å². The maximum Gasteiger partial charge on any atom is 0.124 e. The predicted octanol–water partition coefficient (Wildman–Crippen LogP) is 4.56. The molecule has 2 atom stereocenters. The first-order valence-corrected chi connectivity index (χ1v) is 7.82. The summed E-state index contributed by atoms with van der Waals surface area (Å²) in [5.74, 6) is 1.03. The van der Waals surface area contributed by atoms with Crippen molar-refractivity contribution in [1.29, 1.82) is 0 Å². The van der Waals surface area contributed by atoms with Gasteiger partial charge in [-0.2, -0.15) is 0 Å². The van der Waals surface area contributed by atoms with E-state index in [1.54, 1.807) is 0 Å². The number of hydrogen-bond donors (Lipinski definition) is 1. The molecular weight excluding hydrogens is 258 g/mol. The standard InChI is InChI=1S/C19H23NO/c1-3-17(15-10-8-14(2)9-11-15)20-18-12-13-21-19-7-5-4-6-16(18)19/h4-11,17-18,20H,3,12-13H2,1-2H3. The first-order valence-electron chi connectivity index (χ1n) is 7.82. The lowest BCUT2D eigenvalue weighted by molar-refractivity contribution is 0.243. The van der Waals surface area contributed by atoms with Gasteiger partial charge in [0.05, 0.1) is 6.61 Å². The number of nitrogens with one attached hydrogen (secondary N) is 1. The molecule has 0 spiro atoms. The molecule has 0 aromatic heterocycles. The molecule has 0 amide bonds. The van der Waals surface area contributed by atoms with Crippen LogP contribution >= 0.6 is 0 Å². The molecule has 0 radical (unpaired) electrons. The number of aryl methyl sites for hydroxylation is 1. The highest BCUT2D eigenvalue weighted by Crippen LogP contribution is 2.33. The molecule has 0 aliphatic carbocycles. The SMILES string of the molecule is CCC(NC1CCOc2ccccc21)c1ccc(C)cc1. The minimum Gasteiger partial charge on any atom is -0.493 e. The Labute approximate surface area is 127 Å². The lowest BCUT2D eigenvalue weighted by Gasteiger charge is -2.30. The van der Waals surface area contributed by atoms with Crippen LogP contribution in [0.4, 0.5) is 0 Å². The zero-order chi connectivity index (χ0) is 14.7. The lowest BCUT2D eigenvalue weighted by Crippen LogP contribution is -2.30. The molecule has 0 bridgehead atoms. The van der Waals surface area contributed by atoms with Crippen molar-refractivity contribution in [1.82, 2.24) is 5.32 Å². The topological polar surface area (TPSA) is 21.3 Å². The third-order valence-electron chi connectivity index (χ3n) is 4.25. The quantitative estimate of drug-likeness (QED) is 0.887. The van der Waals surface area contributed by atoms with E-state index in [2.05, 4.69) is 61.6 Å². The summed E-state index contributed by atoms with van der Waals surface area (Å²) < 4.78 is 5.75. The van der Waals surface area contributed by atoms with Crippen LogP contribution in [0.15, 0.2) is 48.5 Å². The number of rotatable bonds is 4. The van der Waals surface area contributed by atoms with Crippen LogP contribution in [0.3, 0.4) is 0 Å². The number of para-hydroxylation sites is 1. The molecule has 0 fully saturated rings. The van der Waals surface area contributed by atoms with E-state index in [9.17, 15) is 0 Å². The maximum absolute atomic E-state index is 5.75. The summed E-state index contributed by atoms with van der Waals surface area (Å²) in [6.45, 7) is 5.16. The van der Waals surface area contributed by atoms with Crippen molar-refractivity contribution < 1.29 is 4.74 Å². The van der Waals surface area contributed by atoms with Crippen LogP contribution < -0.4 is 10.1 Å². The zero-order valence-corrected chi connectivity index (χ0v) is 12.8. The Morgan fingerprint density at radius 1 is 1.14 bits per heavy atom. The van der Waals surface area contributed by atoms with Crippen LogP contribution in [0.5, 0.6) is 5.75 Å². The van der Waals surface area contributed by atoms with Gasteiger partial charge in [0, 0.05) is 24.1 Å². The van der Waals surface area contributed by atoms with Gasteiger partial charge < -0.3 is 10.1 Å². The van der Waals surface area contributed by atoms with Gasteiger partial charge in [-0.25, -0.2) is 0 Å². The summed E-state index contributed by atoms with van der Waals surface area (Å²) in [5.41, 5.74) is 3.96. The normalized spacial score (nSPS) is 18.7. The van der Waals surface area contributed by atoms with E-state index in [4.69, 9.17) is 4.74 Å². The van der Waals surface area contributed by atoms with Crippen LogP contribution in [-0.2, 0) is 0 Å². The van der Waals surface area contributed by atoms with Crippen LogP contribution in [0.25, 0.3) is 0 Å². The van der Waals surface area contributed by atoms with E-state index in [-0.39, 0.29) is 0 Å². The molecule has 21 heavy (non-hydrogen) atoms. The molecule has 2 nitrogen and oxygen atoms in total. The van der Waals surface area contributed by atoms with Crippen LogP contribution in [0.1, 0.15) is 48.5 Å². The van der Waals surface area contributed by atoms with Gasteiger partial charge in [0.1, 0.15) is 5.75 Å². The highest BCUT2D eigenvalue weighted by atomic mass is 16.5. The van der Waals surface area contributed by atoms with Crippen molar-refractivity contribution in [2.45, 2.75) is 38.8 Å². The van der Waals surface area contributed by atoms with Crippen LogP contribution in [0, 0.1) is 6.92 Å². The van der Waals surface area contributed by atoms with E-state index in [1.807, 2.05) is 6.07 Å². The molecular formula is C19H23NO. The summed E-state index contributed by atoms with van der Waals surface area (Å²) in [4.78, 5) is 0. The van der Waals surface area contributed by atoms with Gasteiger partial charge in [0.2, 0.25) is 0 Å². The number of fused-ring (bicyclic) bond motifs is 1. The fourth-order valence-electron chi connectivity index (χ4n) is 3.01. The second-order valence-electron chi connectivity index (χ2n) is 5.77. The fraction of sp³-hybridized carbons (Fsp3) is 0.368. The summed E-state index contributed by atoms with van der Waals surface area (Å²) in [6, 6.07) is 18.0. The smallest absolute Gasteiger partial charge is 0.124 e. The number of hydrogen-bond acceptors (Lipinski definition) is 2. The molecule has 1 aliphatic heterocycles. The summed E-state index contributed by atoms with van der Waals surface area (Å²) in [5, 5.41) is 3.82. The predicted molar refractivity (Wildman–Crippen MR) is 86.6 cm³/mol. The first kappa shape index (κ1) is 14.2. The van der Waals surface area contributed by atoms with Gasteiger partial charge in [0.15, 0.2) is 0 Å². The average molecular weight is 281 g/mol. The summed E-state index contributed by atoms with van der Waals surface area (Å²) in [6.07, 6.45) is 2.11. The minimum atomic E-state index is 0.376. The minimum absolute atomic E-state index is 0.376. The lowest BCUT2D eigenvalue weighted by atomic mass is 9.96. The molecule has 2 aromatic carbocycles. The highest BCUT2D eigenvalue weighted by Gasteiger charge is 2.23. The Balaban J connectivity index is 1.80. The zero-order valence-electron chi connectivity index (χ0n) is 12.8. The highest BCUT2D eigenvalue weighted by molar-refractivity contribution is 5.37. The summed E-state index contributed by atoms with van der Waals surface area (Å²) in [7, 11) is 0. The number of benzene rings is 2. The van der Waals surface area contributed by atoms with Crippen molar-refractivity contribution in [2.24, 2.45) is 0 Å². The summed E-state index contributed by atoms with van der Waals surface area (Å²) >= 11 is 0. The van der Waals surface area contributed by atoms with Gasteiger partial charge in [-0.05, 0) is 25.0 Å². The molecule has 0 saturated heterocycles. The largest absolute Gasteiger partial charge is 0.493 e. The van der Waals surface area contributed by atoms with E-state index in [0.717, 1.165) is 25.2 Å². The van der Waals surface area contributed by atoms with Crippen molar-refractivity contribution in [3.05, 3.63) is 65.2 Å². The Bertz CT molecular complexity index is 591. The third-order valence-corrected chi connectivity index (χ3v) is 4.25. The van der Waals surface area contributed by atoms with Gasteiger partial charge >= 0.3 is 0 Å². The second-order valence-corrected chi connectivity index (χ2v) is 5.77. The first-order chi connectivity index (χ1) is 10.3. The fourth-order valence-corrected chi connectivity index (χ4v) is 3.01. The molecule has 3 rings (SSSR count). The molecule has 2 unspecified atom stereocenters. The van der Waals surface area contributed by atoms with Crippen molar-refractivity contribution in [3.63, 3.8) is 0 Å². The van der Waals surface area contributed by atoms with Crippen LogP contribution in [0.2, 0.25) is 0 Å². The van der Waals surface area contributed by atoms with Gasteiger partial charge in [-0.1, -0.05) is 55.0 Å². The van der Waals surface area contributed by atoms with E-state index < -0.39 is 0 Å². The monoisotopic (exact) mass is 281 g/mol. The van der Waals surface area contributed by atoms with Gasteiger partial charge in [-0.15, -0.1) is 0 Å². The van der Waals surface area contributed by atoms with E-state index in [1.165, 1.54) is 16.7 Å². The van der Waals surface area contributed by atoms with Gasteiger partial charge in [0.25, 0.3) is 0 Å². The van der Waals surface area contributed by atoms with Crippen molar-refractivity contribution in [2.75, 3.05) is 6.61 Å². The molecule has 1 heterocycles. The molecule has 2 heteroatoms. The molecule has 110 valence electrons. The average Bonchev–Trinajstić information content (AvgIpc) is 2.54. The molecule has 1 aliphatic rings. The van der Waals surface area contributed by atoms with Gasteiger partial charge in [-0.3, -0.25) is 0 Å². The Kier molecular flexibility index (Phi) is 4.26. The number of ether oxygens (including phenoxy) is 1. The Morgan fingerprint density at radius 2 is 1.90 bits per heavy atom. The van der Waals surface area contributed by atoms with E-state index >= 15 is 0 Å². The Hall–Kier alpha value is -1.80. The molecule has 2 aromatic rings.